The van der Waals surface area contributed by atoms with Crippen molar-refractivity contribution in [1.29, 1.82) is 0 Å². The van der Waals surface area contributed by atoms with Gasteiger partial charge in [0.1, 0.15) is 6.10 Å². The van der Waals surface area contributed by atoms with Crippen LogP contribution in [0.3, 0.4) is 0 Å². The fraction of sp³-hybridized carbons (Fsp3) is 0.500. The first-order chi connectivity index (χ1) is 7.45. The molecule has 0 fully saturated rings. The Morgan fingerprint density at radius 2 is 2.53 bits per heavy atom. The number of allylic oxidation sites excluding steroid dienone is 1. The summed E-state index contributed by atoms with van der Waals surface area (Å²) in [5.74, 6) is 0. The molecule has 15 heavy (non-hydrogen) atoms. The minimum Gasteiger partial charge on any atom is -0.497 e. The van der Waals surface area contributed by atoms with Gasteiger partial charge in [0, 0.05) is 18.0 Å². The summed E-state index contributed by atoms with van der Waals surface area (Å²) in [6.45, 7) is 2.01. The number of rotatable bonds is 5. The maximum Gasteiger partial charge on any atom is 0.110 e. The molecule has 1 aliphatic rings. The van der Waals surface area contributed by atoms with Gasteiger partial charge in [-0.25, -0.2) is 0 Å². The van der Waals surface area contributed by atoms with Gasteiger partial charge in [0.15, 0.2) is 0 Å². The number of nitrogens with one attached hydrogen (secondary N) is 1. The quantitative estimate of drug-likeness (QED) is 0.775. The monoisotopic (exact) mass is 223 g/mol. The van der Waals surface area contributed by atoms with Crippen LogP contribution in [0.4, 0.5) is 0 Å². The van der Waals surface area contributed by atoms with Crippen molar-refractivity contribution in [1.82, 2.24) is 5.32 Å². The van der Waals surface area contributed by atoms with Gasteiger partial charge in [-0.1, -0.05) is 6.07 Å². The fourth-order valence-electron chi connectivity index (χ4n) is 1.66. The van der Waals surface area contributed by atoms with E-state index in [0.717, 1.165) is 32.4 Å². The summed E-state index contributed by atoms with van der Waals surface area (Å²) in [7, 11) is 0. The lowest BCUT2D eigenvalue weighted by Crippen LogP contribution is -2.30. The normalized spacial score (nSPS) is 20.1. The van der Waals surface area contributed by atoms with E-state index in [4.69, 9.17) is 4.74 Å². The molecular formula is C12H17NOS. The van der Waals surface area contributed by atoms with Crippen molar-refractivity contribution in [3.8, 4) is 0 Å². The average Bonchev–Trinajstić information content (AvgIpc) is 2.79. The molecule has 1 unspecified atom stereocenters. The molecule has 0 saturated carbocycles. The Morgan fingerprint density at radius 3 is 3.27 bits per heavy atom. The highest BCUT2D eigenvalue weighted by Crippen LogP contribution is 2.10. The summed E-state index contributed by atoms with van der Waals surface area (Å²) in [5.41, 5.74) is 0. The van der Waals surface area contributed by atoms with Crippen molar-refractivity contribution >= 4 is 11.3 Å². The molecular weight excluding hydrogens is 206 g/mol. The van der Waals surface area contributed by atoms with Crippen LogP contribution < -0.4 is 5.32 Å². The van der Waals surface area contributed by atoms with Gasteiger partial charge in [-0.2, -0.15) is 0 Å². The predicted octanol–water partition coefficient (Wildman–Crippen LogP) is 2.57. The first-order valence-corrected chi connectivity index (χ1v) is 6.36. The van der Waals surface area contributed by atoms with Crippen LogP contribution in [0.25, 0.3) is 0 Å². The summed E-state index contributed by atoms with van der Waals surface area (Å²) in [6, 6.07) is 4.29. The van der Waals surface area contributed by atoms with E-state index in [1.54, 1.807) is 0 Å². The summed E-state index contributed by atoms with van der Waals surface area (Å²) >= 11 is 1.83. The zero-order valence-electron chi connectivity index (χ0n) is 8.82. The molecule has 1 aromatic heterocycles. The van der Waals surface area contributed by atoms with Crippen molar-refractivity contribution < 1.29 is 4.74 Å². The van der Waals surface area contributed by atoms with E-state index in [-0.39, 0.29) is 0 Å². The molecule has 0 amide bonds. The number of ether oxygens (including phenoxy) is 1. The molecule has 0 bridgehead atoms. The van der Waals surface area contributed by atoms with Crippen molar-refractivity contribution in [2.75, 3.05) is 13.1 Å². The summed E-state index contributed by atoms with van der Waals surface area (Å²) in [6.07, 6.45) is 7.70. The van der Waals surface area contributed by atoms with Crippen LogP contribution in [-0.2, 0) is 11.2 Å². The Bertz CT molecular complexity index is 295. The Balaban J connectivity index is 1.57. The van der Waals surface area contributed by atoms with E-state index in [9.17, 15) is 0 Å². The van der Waals surface area contributed by atoms with E-state index in [1.807, 2.05) is 17.6 Å². The van der Waals surface area contributed by atoms with Gasteiger partial charge in [0.05, 0.1) is 6.26 Å². The maximum atomic E-state index is 5.47. The number of hydrogen-bond donors (Lipinski definition) is 1. The van der Waals surface area contributed by atoms with Gasteiger partial charge in [-0.3, -0.25) is 0 Å². The summed E-state index contributed by atoms with van der Waals surface area (Å²) < 4.78 is 5.47. The van der Waals surface area contributed by atoms with Crippen molar-refractivity contribution in [2.24, 2.45) is 0 Å². The number of thiophene rings is 1. The Labute approximate surface area is 95.0 Å². The van der Waals surface area contributed by atoms with Crippen molar-refractivity contribution in [2.45, 2.75) is 25.4 Å². The Kier molecular flexibility index (Phi) is 4.23. The van der Waals surface area contributed by atoms with Crippen LogP contribution in [0.5, 0.6) is 0 Å². The molecule has 1 N–H and O–H groups in total. The lowest BCUT2D eigenvalue weighted by Gasteiger charge is -2.19. The van der Waals surface area contributed by atoms with E-state index >= 15 is 0 Å². The molecule has 0 aliphatic carbocycles. The second-order valence-electron chi connectivity index (χ2n) is 3.74. The van der Waals surface area contributed by atoms with Crippen LogP contribution in [0.15, 0.2) is 29.9 Å². The second-order valence-corrected chi connectivity index (χ2v) is 4.77. The van der Waals surface area contributed by atoms with E-state index in [1.165, 1.54) is 4.88 Å². The van der Waals surface area contributed by atoms with E-state index in [0.29, 0.717) is 6.10 Å². The first-order valence-electron chi connectivity index (χ1n) is 5.49. The molecule has 82 valence electrons. The Hall–Kier alpha value is -0.800. The lowest BCUT2D eigenvalue weighted by atomic mass is 10.1. The minimum atomic E-state index is 0.373. The minimum absolute atomic E-state index is 0.373. The highest BCUT2D eigenvalue weighted by molar-refractivity contribution is 7.09. The molecule has 0 radical (unpaired) electrons. The average molecular weight is 223 g/mol. The molecule has 2 rings (SSSR count). The molecule has 1 aromatic rings. The van der Waals surface area contributed by atoms with Crippen LogP contribution in [0.1, 0.15) is 17.7 Å². The zero-order valence-corrected chi connectivity index (χ0v) is 9.63. The van der Waals surface area contributed by atoms with Gasteiger partial charge in [-0.05, 0) is 36.8 Å². The molecule has 3 heteroatoms. The van der Waals surface area contributed by atoms with Gasteiger partial charge in [-0.15, -0.1) is 11.3 Å². The molecule has 2 heterocycles. The molecule has 0 spiro atoms. The van der Waals surface area contributed by atoms with Crippen LogP contribution in [0, 0.1) is 0 Å². The van der Waals surface area contributed by atoms with Gasteiger partial charge in [0.2, 0.25) is 0 Å². The Morgan fingerprint density at radius 1 is 1.53 bits per heavy atom. The van der Waals surface area contributed by atoms with Gasteiger partial charge >= 0.3 is 0 Å². The molecule has 2 nitrogen and oxygen atoms in total. The van der Waals surface area contributed by atoms with E-state index in [2.05, 4.69) is 28.9 Å². The van der Waals surface area contributed by atoms with Gasteiger partial charge in [0.25, 0.3) is 0 Å². The van der Waals surface area contributed by atoms with E-state index < -0.39 is 0 Å². The molecule has 1 aliphatic heterocycles. The van der Waals surface area contributed by atoms with Crippen LogP contribution >= 0.6 is 11.3 Å². The lowest BCUT2D eigenvalue weighted by molar-refractivity contribution is 0.123. The topological polar surface area (TPSA) is 21.3 Å². The van der Waals surface area contributed by atoms with Gasteiger partial charge < -0.3 is 10.1 Å². The molecule has 1 atom stereocenters. The summed E-state index contributed by atoms with van der Waals surface area (Å²) in [5, 5.41) is 5.57. The third-order valence-electron chi connectivity index (χ3n) is 2.52. The third kappa shape index (κ3) is 3.68. The standard InChI is InChI=1S/C12H17NOS/c1-2-8-14-11(4-1)10-13-7-6-12-5-3-9-15-12/h2-3,5,8-9,11,13H,1,4,6-7,10H2. The predicted molar refractivity (Wildman–Crippen MR) is 64.1 cm³/mol. The highest BCUT2D eigenvalue weighted by atomic mass is 32.1. The second kappa shape index (κ2) is 5.93. The number of hydrogen-bond acceptors (Lipinski definition) is 3. The maximum absolute atomic E-state index is 5.47. The third-order valence-corrected chi connectivity index (χ3v) is 3.46. The van der Waals surface area contributed by atoms with Crippen molar-refractivity contribution in [3.63, 3.8) is 0 Å². The largest absolute Gasteiger partial charge is 0.497 e. The van der Waals surface area contributed by atoms with Crippen molar-refractivity contribution in [3.05, 3.63) is 34.7 Å². The van der Waals surface area contributed by atoms with Crippen LogP contribution in [0.2, 0.25) is 0 Å². The molecule has 0 aromatic carbocycles. The fourth-order valence-corrected chi connectivity index (χ4v) is 2.37. The smallest absolute Gasteiger partial charge is 0.110 e. The van der Waals surface area contributed by atoms with Crippen LogP contribution in [-0.4, -0.2) is 19.2 Å². The summed E-state index contributed by atoms with van der Waals surface area (Å²) in [4.78, 5) is 1.45. The molecule has 0 saturated heterocycles. The SMILES string of the molecule is C1=COC(CNCCc2cccs2)CC1. The highest BCUT2D eigenvalue weighted by Gasteiger charge is 2.09. The zero-order chi connectivity index (χ0) is 10.3. The first kappa shape index (κ1) is 10.7.